The molecule has 3 aromatic heterocycles. The highest BCUT2D eigenvalue weighted by Crippen LogP contribution is 2.13. The molecular weight excluding hydrogens is 290 g/mol. The normalized spacial score (nSPS) is 11.5. The molecule has 2 N–H and O–H groups in total. The van der Waals surface area contributed by atoms with Crippen molar-refractivity contribution in [1.82, 2.24) is 24.5 Å². The van der Waals surface area contributed by atoms with Gasteiger partial charge >= 0.3 is 0 Å². The fraction of sp³-hybridized carbons (Fsp3) is 0.412. The lowest BCUT2D eigenvalue weighted by atomic mass is 10.2. The largest absolute Gasteiger partial charge is 0.394 e. The number of hydrogen-bond acceptors (Lipinski definition) is 4. The molecule has 0 radical (unpaired) electrons. The van der Waals surface area contributed by atoms with Gasteiger partial charge in [-0.2, -0.15) is 5.10 Å². The van der Waals surface area contributed by atoms with Gasteiger partial charge in [-0.1, -0.05) is 6.07 Å². The first-order chi connectivity index (χ1) is 11.1. The zero-order valence-electron chi connectivity index (χ0n) is 13.9. The van der Waals surface area contributed by atoms with Crippen LogP contribution in [-0.2, 0) is 19.6 Å². The summed E-state index contributed by atoms with van der Waals surface area (Å²) in [4.78, 5) is 4.63. The van der Waals surface area contributed by atoms with E-state index in [1.54, 1.807) is 0 Å². The molecule has 6 nitrogen and oxygen atoms in total. The Morgan fingerprint density at radius 1 is 1.17 bits per heavy atom. The minimum atomic E-state index is 0.107. The maximum Gasteiger partial charge on any atom is 0.137 e. The van der Waals surface area contributed by atoms with Crippen LogP contribution in [0.15, 0.2) is 24.4 Å². The Balaban J connectivity index is 1.68. The summed E-state index contributed by atoms with van der Waals surface area (Å²) in [5.41, 5.74) is 6.49. The van der Waals surface area contributed by atoms with Gasteiger partial charge in [0.15, 0.2) is 0 Å². The number of aliphatic hydroxyl groups is 1. The molecule has 0 fully saturated rings. The van der Waals surface area contributed by atoms with Gasteiger partial charge in [-0.15, -0.1) is 0 Å². The van der Waals surface area contributed by atoms with Crippen LogP contribution in [0, 0.1) is 20.8 Å². The van der Waals surface area contributed by atoms with Crippen LogP contribution in [0.5, 0.6) is 0 Å². The van der Waals surface area contributed by atoms with Crippen molar-refractivity contribution in [2.75, 3.05) is 6.61 Å². The fourth-order valence-electron chi connectivity index (χ4n) is 2.90. The Hall–Kier alpha value is -2.18. The third-order valence-corrected chi connectivity index (χ3v) is 4.20. The lowest BCUT2D eigenvalue weighted by Gasteiger charge is -2.05. The Labute approximate surface area is 135 Å². The van der Waals surface area contributed by atoms with Crippen molar-refractivity contribution >= 4 is 5.65 Å². The van der Waals surface area contributed by atoms with Crippen LogP contribution in [0.25, 0.3) is 5.65 Å². The van der Waals surface area contributed by atoms with Crippen molar-refractivity contribution in [1.29, 1.82) is 0 Å². The minimum Gasteiger partial charge on any atom is -0.394 e. The number of aliphatic hydroxyl groups excluding tert-OH is 1. The molecule has 0 aliphatic carbocycles. The molecule has 0 bridgehead atoms. The van der Waals surface area contributed by atoms with Gasteiger partial charge in [0.2, 0.25) is 0 Å². The second-order valence-electron chi connectivity index (χ2n) is 5.83. The van der Waals surface area contributed by atoms with E-state index >= 15 is 0 Å². The molecule has 0 saturated carbocycles. The Morgan fingerprint density at radius 2 is 2.00 bits per heavy atom. The SMILES string of the molecule is Cc1nn(CCO)c(C)c1CNCc1cn2c(C)cccc2n1. The van der Waals surface area contributed by atoms with Crippen LogP contribution in [0.3, 0.4) is 0 Å². The number of hydrogen-bond donors (Lipinski definition) is 2. The highest BCUT2D eigenvalue weighted by Gasteiger charge is 2.11. The van der Waals surface area contributed by atoms with E-state index < -0.39 is 0 Å². The van der Waals surface area contributed by atoms with Gasteiger partial charge in [-0.25, -0.2) is 4.98 Å². The Kier molecular flexibility index (Phi) is 4.45. The molecule has 6 heteroatoms. The van der Waals surface area contributed by atoms with E-state index in [1.165, 1.54) is 11.3 Å². The van der Waals surface area contributed by atoms with E-state index in [0.29, 0.717) is 13.1 Å². The molecule has 0 aliphatic rings. The summed E-state index contributed by atoms with van der Waals surface area (Å²) in [5.74, 6) is 0. The number of imidazole rings is 1. The summed E-state index contributed by atoms with van der Waals surface area (Å²) in [6.07, 6.45) is 2.08. The summed E-state index contributed by atoms with van der Waals surface area (Å²) in [5, 5.41) is 17.0. The van der Waals surface area contributed by atoms with Gasteiger partial charge < -0.3 is 14.8 Å². The summed E-state index contributed by atoms with van der Waals surface area (Å²) >= 11 is 0. The van der Waals surface area contributed by atoms with Crippen molar-refractivity contribution in [3.05, 3.63) is 52.7 Å². The van der Waals surface area contributed by atoms with Crippen molar-refractivity contribution < 1.29 is 5.11 Å². The van der Waals surface area contributed by atoms with Gasteiger partial charge in [0.25, 0.3) is 0 Å². The van der Waals surface area contributed by atoms with E-state index in [4.69, 9.17) is 5.11 Å². The predicted molar refractivity (Wildman–Crippen MR) is 89.3 cm³/mol. The fourth-order valence-corrected chi connectivity index (χ4v) is 2.90. The molecule has 0 amide bonds. The van der Waals surface area contributed by atoms with Gasteiger partial charge in [0.1, 0.15) is 5.65 Å². The summed E-state index contributed by atoms with van der Waals surface area (Å²) < 4.78 is 3.97. The average Bonchev–Trinajstić information content (AvgIpc) is 3.05. The monoisotopic (exact) mass is 313 g/mol. The molecular formula is C17H23N5O. The standard InChI is InChI=1S/C17H23N5O/c1-12-5-4-6-17-19-15(11-21(12)17)9-18-10-16-13(2)20-22(7-8-23)14(16)3/h4-6,11,18,23H,7-10H2,1-3H3. The lowest BCUT2D eigenvalue weighted by Crippen LogP contribution is -2.14. The topological polar surface area (TPSA) is 67.4 Å². The number of aromatic nitrogens is 4. The van der Waals surface area contributed by atoms with Gasteiger partial charge in [-0.3, -0.25) is 4.68 Å². The van der Waals surface area contributed by atoms with Crippen LogP contribution >= 0.6 is 0 Å². The van der Waals surface area contributed by atoms with Gasteiger partial charge in [0, 0.05) is 36.2 Å². The second-order valence-corrected chi connectivity index (χ2v) is 5.83. The molecule has 0 aliphatic heterocycles. The van der Waals surface area contributed by atoms with E-state index in [-0.39, 0.29) is 6.61 Å². The number of nitrogens with zero attached hydrogens (tertiary/aromatic N) is 4. The summed E-state index contributed by atoms with van der Waals surface area (Å²) in [6.45, 7) is 8.23. The first-order valence-corrected chi connectivity index (χ1v) is 7.88. The van der Waals surface area contributed by atoms with E-state index in [2.05, 4.69) is 39.0 Å². The number of nitrogens with one attached hydrogen (secondary N) is 1. The predicted octanol–water partition coefficient (Wildman–Crippen LogP) is 1.74. The number of rotatable bonds is 6. The quantitative estimate of drug-likeness (QED) is 0.727. The lowest BCUT2D eigenvalue weighted by molar-refractivity contribution is 0.267. The van der Waals surface area contributed by atoms with Crippen LogP contribution < -0.4 is 5.32 Å². The molecule has 3 aromatic rings. The Bertz CT molecular complexity index is 818. The smallest absolute Gasteiger partial charge is 0.137 e. The maximum absolute atomic E-state index is 9.07. The minimum absolute atomic E-state index is 0.107. The molecule has 3 heterocycles. The molecule has 3 rings (SSSR count). The van der Waals surface area contributed by atoms with Crippen LogP contribution in [0.2, 0.25) is 0 Å². The van der Waals surface area contributed by atoms with E-state index in [0.717, 1.165) is 29.3 Å². The molecule has 0 unspecified atom stereocenters. The molecule has 0 saturated heterocycles. The molecule has 122 valence electrons. The third kappa shape index (κ3) is 3.13. The first-order valence-electron chi connectivity index (χ1n) is 7.88. The van der Waals surface area contributed by atoms with Gasteiger partial charge in [-0.05, 0) is 32.9 Å². The number of aryl methyl sites for hydroxylation is 2. The van der Waals surface area contributed by atoms with Crippen molar-refractivity contribution in [3.8, 4) is 0 Å². The average molecular weight is 313 g/mol. The van der Waals surface area contributed by atoms with Crippen molar-refractivity contribution in [3.63, 3.8) is 0 Å². The van der Waals surface area contributed by atoms with E-state index in [9.17, 15) is 0 Å². The van der Waals surface area contributed by atoms with E-state index in [1.807, 2.05) is 30.7 Å². The summed E-state index contributed by atoms with van der Waals surface area (Å²) in [6, 6.07) is 6.12. The van der Waals surface area contributed by atoms with Crippen molar-refractivity contribution in [2.45, 2.75) is 40.4 Å². The third-order valence-electron chi connectivity index (χ3n) is 4.20. The highest BCUT2D eigenvalue weighted by atomic mass is 16.3. The zero-order valence-corrected chi connectivity index (χ0v) is 13.9. The highest BCUT2D eigenvalue weighted by molar-refractivity contribution is 5.41. The molecule has 0 spiro atoms. The van der Waals surface area contributed by atoms with Crippen LogP contribution in [0.1, 0.15) is 28.3 Å². The van der Waals surface area contributed by atoms with Gasteiger partial charge in [0.05, 0.1) is 24.5 Å². The number of pyridine rings is 1. The zero-order chi connectivity index (χ0) is 16.4. The van der Waals surface area contributed by atoms with Crippen molar-refractivity contribution in [2.24, 2.45) is 0 Å². The van der Waals surface area contributed by atoms with Crippen LogP contribution in [0.4, 0.5) is 0 Å². The first kappa shape index (κ1) is 15.7. The molecule has 0 aromatic carbocycles. The van der Waals surface area contributed by atoms with Crippen LogP contribution in [-0.4, -0.2) is 30.9 Å². The Morgan fingerprint density at radius 3 is 2.74 bits per heavy atom. The second kappa shape index (κ2) is 6.52. The summed E-state index contributed by atoms with van der Waals surface area (Å²) in [7, 11) is 0. The maximum atomic E-state index is 9.07. The molecule has 23 heavy (non-hydrogen) atoms. The number of fused-ring (bicyclic) bond motifs is 1. The molecule has 0 atom stereocenters.